The van der Waals surface area contributed by atoms with Crippen molar-refractivity contribution < 1.29 is 19.1 Å². The summed E-state index contributed by atoms with van der Waals surface area (Å²) < 4.78 is 10.7. The molecule has 1 aromatic carbocycles. The van der Waals surface area contributed by atoms with Gasteiger partial charge in [-0.15, -0.1) is 0 Å². The fraction of sp³-hybridized carbons (Fsp3) is 0.556. The summed E-state index contributed by atoms with van der Waals surface area (Å²) in [5.41, 5.74) is 2.18. The average molecular weight is 349 g/mol. The zero-order valence-corrected chi connectivity index (χ0v) is 15.4. The van der Waals surface area contributed by atoms with Crippen LogP contribution in [0.15, 0.2) is 12.1 Å². The number of hydrogen-bond donors (Lipinski definition) is 1. The molecule has 0 saturated carbocycles. The van der Waals surface area contributed by atoms with Crippen LogP contribution in [0, 0.1) is 0 Å². The first-order valence-corrected chi connectivity index (χ1v) is 8.37. The topological polar surface area (TPSA) is 71.1 Å². The Hall–Kier alpha value is -2.28. The molecule has 138 valence electrons. The maximum atomic E-state index is 12.4. The summed E-state index contributed by atoms with van der Waals surface area (Å²) in [6, 6.07) is 3.87. The van der Waals surface area contributed by atoms with Crippen LogP contribution in [-0.2, 0) is 22.6 Å². The molecule has 7 nitrogen and oxygen atoms in total. The van der Waals surface area contributed by atoms with Crippen molar-refractivity contribution in [1.29, 1.82) is 0 Å². The first-order chi connectivity index (χ1) is 11.9. The summed E-state index contributed by atoms with van der Waals surface area (Å²) in [7, 11) is 7.07. The van der Waals surface area contributed by atoms with E-state index in [1.54, 1.807) is 19.1 Å². The van der Waals surface area contributed by atoms with Crippen LogP contribution < -0.4 is 14.8 Å². The molecule has 1 aliphatic heterocycles. The summed E-state index contributed by atoms with van der Waals surface area (Å²) in [4.78, 5) is 28.0. The number of amides is 2. The molecule has 0 aliphatic carbocycles. The molecule has 0 aromatic heterocycles. The van der Waals surface area contributed by atoms with Gasteiger partial charge in [-0.25, -0.2) is 0 Å². The zero-order chi connectivity index (χ0) is 18.4. The number of carbonyl (C=O) groups excluding carboxylic acids is 2. The van der Waals surface area contributed by atoms with Crippen molar-refractivity contribution in [3.05, 3.63) is 23.3 Å². The quantitative estimate of drug-likeness (QED) is 0.732. The number of likely N-dealkylation sites (N-methyl/N-ethyl adjacent to an activating group) is 1. The predicted octanol–water partition coefficient (Wildman–Crippen LogP) is 0.656. The number of nitrogens with one attached hydrogen (secondary N) is 1. The molecule has 0 fully saturated rings. The Labute approximate surface area is 148 Å². The van der Waals surface area contributed by atoms with E-state index in [9.17, 15) is 9.59 Å². The highest BCUT2D eigenvalue weighted by atomic mass is 16.5. The number of fused-ring (bicyclic) bond motifs is 1. The number of hydrogen-bond acceptors (Lipinski definition) is 5. The van der Waals surface area contributed by atoms with E-state index in [0.29, 0.717) is 31.1 Å². The molecular formula is C18H27N3O4. The van der Waals surface area contributed by atoms with Crippen molar-refractivity contribution in [2.75, 3.05) is 47.9 Å². The molecule has 0 radical (unpaired) electrons. The molecule has 1 N–H and O–H groups in total. The van der Waals surface area contributed by atoms with Gasteiger partial charge in [0.05, 0.1) is 14.2 Å². The number of methoxy groups -OCH3 is 2. The van der Waals surface area contributed by atoms with E-state index in [1.807, 2.05) is 31.1 Å². The molecular weight excluding hydrogens is 322 g/mol. The summed E-state index contributed by atoms with van der Waals surface area (Å²) in [6.07, 6.45) is 0.625. The standard InChI is InChI=1S/C18H27N3O4/c1-20(2)8-6-19-17(22)11-18(23)21-7-5-13-9-15(24-3)16(25-4)10-14(13)12-21/h9-10H,5-8,11-12H2,1-4H3,(H,19,22). The smallest absolute Gasteiger partial charge is 0.232 e. The van der Waals surface area contributed by atoms with Gasteiger partial charge < -0.3 is 24.6 Å². The number of ether oxygens (including phenoxy) is 2. The van der Waals surface area contributed by atoms with Gasteiger partial charge in [-0.3, -0.25) is 9.59 Å². The van der Waals surface area contributed by atoms with Crippen molar-refractivity contribution >= 4 is 11.8 Å². The first kappa shape index (κ1) is 19.1. The number of carbonyl (C=O) groups is 2. The molecule has 1 aromatic rings. The van der Waals surface area contributed by atoms with E-state index in [0.717, 1.165) is 24.1 Å². The first-order valence-electron chi connectivity index (χ1n) is 8.37. The van der Waals surface area contributed by atoms with E-state index in [4.69, 9.17) is 9.47 Å². The minimum atomic E-state index is -0.232. The van der Waals surface area contributed by atoms with Crippen molar-refractivity contribution in [1.82, 2.24) is 15.1 Å². The lowest BCUT2D eigenvalue weighted by molar-refractivity contribution is -0.136. The van der Waals surface area contributed by atoms with Gasteiger partial charge in [0.15, 0.2) is 11.5 Å². The second-order valence-electron chi connectivity index (χ2n) is 6.37. The van der Waals surface area contributed by atoms with Gasteiger partial charge in [-0.1, -0.05) is 0 Å². The zero-order valence-electron chi connectivity index (χ0n) is 15.4. The third-order valence-electron chi connectivity index (χ3n) is 4.26. The summed E-state index contributed by atoms with van der Waals surface area (Å²) >= 11 is 0. The van der Waals surface area contributed by atoms with Gasteiger partial charge in [-0.2, -0.15) is 0 Å². The summed E-state index contributed by atoms with van der Waals surface area (Å²) in [6.45, 7) is 2.38. The van der Waals surface area contributed by atoms with Crippen LogP contribution in [0.5, 0.6) is 11.5 Å². The third kappa shape index (κ3) is 5.09. The van der Waals surface area contributed by atoms with E-state index in [1.165, 1.54) is 0 Å². The Morgan fingerprint density at radius 1 is 1.16 bits per heavy atom. The molecule has 1 aliphatic rings. The Bertz CT molecular complexity index is 631. The highest BCUT2D eigenvalue weighted by molar-refractivity contribution is 5.96. The maximum Gasteiger partial charge on any atom is 0.232 e. The third-order valence-corrected chi connectivity index (χ3v) is 4.26. The van der Waals surface area contributed by atoms with Crippen molar-refractivity contribution in [2.45, 2.75) is 19.4 Å². The molecule has 0 spiro atoms. The van der Waals surface area contributed by atoms with Gasteiger partial charge in [0.25, 0.3) is 0 Å². The maximum absolute atomic E-state index is 12.4. The van der Waals surface area contributed by atoms with Crippen LogP contribution in [0.2, 0.25) is 0 Å². The molecule has 0 bridgehead atoms. The molecule has 1 heterocycles. The molecule has 2 amide bonds. The van der Waals surface area contributed by atoms with E-state index < -0.39 is 0 Å². The van der Waals surface area contributed by atoms with Crippen LogP contribution in [0.4, 0.5) is 0 Å². The Morgan fingerprint density at radius 2 is 1.80 bits per heavy atom. The van der Waals surface area contributed by atoms with Gasteiger partial charge in [0.1, 0.15) is 6.42 Å². The van der Waals surface area contributed by atoms with Gasteiger partial charge in [0.2, 0.25) is 11.8 Å². The lowest BCUT2D eigenvalue weighted by Gasteiger charge is -2.29. The molecule has 0 unspecified atom stereocenters. The number of nitrogens with zero attached hydrogens (tertiary/aromatic N) is 2. The second-order valence-corrected chi connectivity index (χ2v) is 6.37. The fourth-order valence-electron chi connectivity index (χ4n) is 2.83. The SMILES string of the molecule is COc1cc2c(cc1OC)CN(C(=O)CC(=O)NCCN(C)C)CC2. The molecule has 7 heteroatoms. The van der Waals surface area contributed by atoms with Gasteiger partial charge in [-0.05, 0) is 43.8 Å². The molecule has 0 atom stereocenters. The minimum absolute atomic E-state index is 0.115. The average Bonchev–Trinajstić information content (AvgIpc) is 2.59. The predicted molar refractivity (Wildman–Crippen MR) is 94.8 cm³/mol. The van der Waals surface area contributed by atoms with Gasteiger partial charge in [0, 0.05) is 26.2 Å². The lowest BCUT2D eigenvalue weighted by atomic mass is 9.98. The molecule has 25 heavy (non-hydrogen) atoms. The van der Waals surface area contributed by atoms with E-state index in [2.05, 4.69) is 5.32 Å². The van der Waals surface area contributed by atoms with E-state index >= 15 is 0 Å². The normalized spacial score (nSPS) is 13.4. The van der Waals surface area contributed by atoms with Crippen LogP contribution >= 0.6 is 0 Å². The molecule has 0 saturated heterocycles. The van der Waals surface area contributed by atoms with Gasteiger partial charge >= 0.3 is 0 Å². The Kier molecular flexibility index (Phi) is 6.64. The minimum Gasteiger partial charge on any atom is -0.493 e. The fourth-order valence-corrected chi connectivity index (χ4v) is 2.83. The largest absolute Gasteiger partial charge is 0.493 e. The molecule has 2 rings (SSSR count). The Morgan fingerprint density at radius 3 is 2.40 bits per heavy atom. The van der Waals surface area contributed by atoms with Crippen LogP contribution in [-0.4, -0.2) is 69.6 Å². The van der Waals surface area contributed by atoms with Crippen molar-refractivity contribution in [2.24, 2.45) is 0 Å². The van der Waals surface area contributed by atoms with E-state index in [-0.39, 0.29) is 18.2 Å². The summed E-state index contributed by atoms with van der Waals surface area (Å²) in [5.74, 6) is 0.964. The second kappa shape index (κ2) is 8.71. The van der Waals surface area contributed by atoms with Crippen LogP contribution in [0.1, 0.15) is 17.5 Å². The van der Waals surface area contributed by atoms with Crippen molar-refractivity contribution in [3.8, 4) is 11.5 Å². The monoisotopic (exact) mass is 349 g/mol. The highest BCUT2D eigenvalue weighted by Crippen LogP contribution is 2.33. The lowest BCUT2D eigenvalue weighted by Crippen LogP contribution is -2.40. The Balaban J connectivity index is 1.95. The number of benzene rings is 1. The summed E-state index contributed by atoms with van der Waals surface area (Å²) in [5, 5.41) is 2.77. The number of rotatable bonds is 7. The van der Waals surface area contributed by atoms with Crippen molar-refractivity contribution in [3.63, 3.8) is 0 Å². The van der Waals surface area contributed by atoms with Crippen LogP contribution in [0.3, 0.4) is 0 Å². The van der Waals surface area contributed by atoms with Crippen LogP contribution in [0.25, 0.3) is 0 Å². The highest BCUT2D eigenvalue weighted by Gasteiger charge is 2.24.